The van der Waals surface area contributed by atoms with Crippen LogP contribution in [-0.2, 0) is 10.2 Å². The number of hydrogen-bond acceptors (Lipinski definition) is 4. The molecule has 0 unspecified atom stereocenters. The molecule has 3 N–H and O–H groups in total. The van der Waals surface area contributed by atoms with Gasteiger partial charge in [0.25, 0.3) is 0 Å². The molecule has 8 heteroatoms. The molecule has 1 aliphatic heterocycles. The Kier molecular flexibility index (Phi) is 4.78. The standard InChI is InChI=1S/C11H21N5O2S/c1-2-12-7-10-3-5-16(6-4-10)19(17,18)15-11-8-13-14-9-11/h8-10,12,15H,2-7H2,1H3,(H,13,14). The zero-order valence-electron chi connectivity index (χ0n) is 11.1. The predicted molar refractivity (Wildman–Crippen MR) is 74.0 cm³/mol. The lowest BCUT2D eigenvalue weighted by Crippen LogP contribution is -2.43. The zero-order chi connectivity index (χ0) is 13.7. The number of anilines is 1. The van der Waals surface area contributed by atoms with Crippen molar-refractivity contribution in [1.29, 1.82) is 0 Å². The summed E-state index contributed by atoms with van der Waals surface area (Å²) in [6.45, 7) is 5.15. The van der Waals surface area contributed by atoms with Gasteiger partial charge in [-0.2, -0.15) is 17.8 Å². The van der Waals surface area contributed by atoms with Crippen molar-refractivity contribution in [2.45, 2.75) is 19.8 Å². The molecule has 0 saturated carbocycles. The van der Waals surface area contributed by atoms with Crippen molar-refractivity contribution in [2.75, 3.05) is 30.9 Å². The van der Waals surface area contributed by atoms with E-state index in [0.717, 1.165) is 25.9 Å². The van der Waals surface area contributed by atoms with Gasteiger partial charge in [-0.25, -0.2) is 0 Å². The monoisotopic (exact) mass is 287 g/mol. The molecule has 0 radical (unpaired) electrons. The molecule has 19 heavy (non-hydrogen) atoms. The van der Waals surface area contributed by atoms with E-state index in [2.05, 4.69) is 27.2 Å². The molecule has 0 amide bonds. The number of nitrogens with zero attached hydrogens (tertiary/aromatic N) is 2. The number of hydrogen-bond donors (Lipinski definition) is 3. The fourth-order valence-electron chi connectivity index (χ4n) is 2.22. The summed E-state index contributed by atoms with van der Waals surface area (Å²) < 4.78 is 28.3. The van der Waals surface area contributed by atoms with Crippen LogP contribution in [-0.4, -0.2) is 49.1 Å². The van der Waals surface area contributed by atoms with Crippen LogP contribution in [0.5, 0.6) is 0 Å². The number of rotatable bonds is 6. The molecule has 1 saturated heterocycles. The van der Waals surface area contributed by atoms with E-state index < -0.39 is 10.2 Å². The van der Waals surface area contributed by atoms with E-state index in [1.807, 2.05) is 0 Å². The third kappa shape index (κ3) is 3.92. The highest BCUT2D eigenvalue weighted by Gasteiger charge is 2.27. The van der Waals surface area contributed by atoms with Crippen LogP contribution in [0.1, 0.15) is 19.8 Å². The summed E-state index contributed by atoms with van der Waals surface area (Å²) in [6, 6.07) is 0. The summed E-state index contributed by atoms with van der Waals surface area (Å²) in [5.74, 6) is 0.570. The Labute approximate surface area is 113 Å². The van der Waals surface area contributed by atoms with Crippen LogP contribution in [0.3, 0.4) is 0 Å². The number of aromatic amines is 1. The van der Waals surface area contributed by atoms with E-state index in [0.29, 0.717) is 24.7 Å². The minimum atomic E-state index is -3.45. The van der Waals surface area contributed by atoms with Gasteiger partial charge in [-0.3, -0.25) is 9.82 Å². The molecule has 0 atom stereocenters. The Balaban J connectivity index is 1.86. The lowest BCUT2D eigenvalue weighted by Gasteiger charge is -2.31. The van der Waals surface area contributed by atoms with Crippen molar-refractivity contribution in [3.63, 3.8) is 0 Å². The van der Waals surface area contributed by atoms with Gasteiger partial charge in [-0.05, 0) is 31.8 Å². The number of H-pyrrole nitrogens is 1. The van der Waals surface area contributed by atoms with Crippen molar-refractivity contribution in [2.24, 2.45) is 5.92 Å². The third-order valence-corrected chi connectivity index (χ3v) is 4.88. The van der Waals surface area contributed by atoms with E-state index in [4.69, 9.17) is 0 Å². The fraction of sp³-hybridized carbons (Fsp3) is 0.727. The maximum Gasteiger partial charge on any atom is 0.301 e. The maximum absolute atomic E-state index is 12.1. The largest absolute Gasteiger partial charge is 0.317 e. The highest BCUT2D eigenvalue weighted by Crippen LogP contribution is 2.20. The first-order chi connectivity index (χ1) is 9.12. The summed E-state index contributed by atoms with van der Waals surface area (Å²) in [5, 5.41) is 9.61. The summed E-state index contributed by atoms with van der Waals surface area (Å²) in [4.78, 5) is 0. The van der Waals surface area contributed by atoms with E-state index in [-0.39, 0.29) is 0 Å². The summed E-state index contributed by atoms with van der Waals surface area (Å²) in [7, 11) is -3.45. The minimum absolute atomic E-state index is 0.467. The normalized spacial score (nSPS) is 18.6. The van der Waals surface area contributed by atoms with Gasteiger partial charge in [0, 0.05) is 19.3 Å². The highest BCUT2D eigenvalue weighted by atomic mass is 32.2. The van der Waals surface area contributed by atoms with Crippen LogP contribution in [0.15, 0.2) is 12.4 Å². The first-order valence-corrected chi connectivity index (χ1v) is 8.03. The second-order valence-electron chi connectivity index (χ2n) is 4.74. The second-order valence-corrected chi connectivity index (χ2v) is 6.41. The molecular formula is C11H21N5O2S. The van der Waals surface area contributed by atoms with Crippen molar-refractivity contribution in [3.8, 4) is 0 Å². The fourth-order valence-corrected chi connectivity index (χ4v) is 3.45. The van der Waals surface area contributed by atoms with Gasteiger partial charge in [-0.1, -0.05) is 6.92 Å². The lowest BCUT2D eigenvalue weighted by atomic mass is 9.98. The molecule has 0 spiro atoms. The van der Waals surface area contributed by atoms with Gasteiger partial charge < -0.3 is 5.32 Å². The molecule has 108 valence electrons. The average molecular weight is 287 g/mol. The predicted octanol–water partition coefficient (Wildman–Crippen LogP) is 0.388. The van der Waals surface area contributed by atoms with Crippen molar-refractivity contribution >= 4 is 15.9 Å². The molecule has 1 fully saturated rings. The zero-order valence-corrected chi connectivity index (χ0v) is 11.9. The summed E-state index contributed by atoms with van der Waals surface area (Å²) in [5.41, 5.74) is 0.467. The molecule has 7 nitrogen and oxygen atoms in total. The molecule has 2 heterocycles. The first kappa shape index (κ1) is 14.3. The molecule has 0 aliphatic carbocycles. The summed E-state index contributed by atoms with van der Waals surface area (Å²) >= 11 is 0. The number of aromatic nitrogens is 2. The maximum atomic E-state index is 12.1. The van der Waals surface area contributed by atoms with Gasteiger partial charge in [0.15, 0.2) is 0 Å². The molecule has 0 bridgehead atoms. The third-order valence-electron chi connectivity index (χ3n) is 3.34. The SMILES string of the molecule is CCNCC1CCN(S(=O)(=O)Nc2cn[nH]c2)CC1. The van der Waals surface area contributed by atoms with E-state index in [1.165, 1.54) is 16.7 Å². The van der Waals surface area contributed by atoms with Gasteiger partial charge in [0.05, 0.1) is 11.9 Å². The smallest absolute Gasteiger partial charge is 0.301 e. The lowest BCUT2D eigenvalue weighted by molar-refractivity contribution is 0.269. The van der Waals surface area contributed by atoms with Crippen LogP contribution in [0.4, 0.5) is 5.69 Å². The molecule has 1 aliphatic rings. The van der Waals surface area contributed by atoms with Gasteiger partial charge in [-0.15, -0.1) is 0 Å². The molecule has 1 aromatic rings. The van der Waals surface area contributed by atoms with E-state index >= 15 is 0 Å². The van der Waals surface area contributed by atoms with Crippen molar-refractivity contribution in [3.05, 3.63) is 12.4 Å². The minimum Gasteiger partial charge on any atom is -0.317 e. The van der Waals surface area contributed by atoms with Gasteiger partial charge >= 0.3 is 10.2 Å². The van der Waals surface area contributed by atoms with Crippen LogP contribution < -0.4 is 10.0 Å². The number of nitrogens with one attached hydrogen (secondary N) is 3. The highest BCUT2D eigenvalue weighted by molar-refractivity contribution is 7.90. The quantitative estimate of drug-likeness (QED) is 0.706. The average Bonchev–Trinajstić information content (AvgIpc) is 2.89. The van der Waals surface area contributed by atoms with Crippen molar-refractivity contribution < 1.29 is 8.42 Å². The molecule has 2 rings (SSSR count). The topological polar surface area (TPSA) is 90.1 Å². The van der Waals surface area contributed by atoms with E-state index in [9.17, 15) is 8.42 Å². The number of piperidine rings is 1. The Morgan fingerprint density at radius 2 is 2.21 bits per heavy atom. The van der Waals surface area contributed by atoms with Crippen LogP contribution in [0, 0.1) is 5.92 Å². The summed E-state index contributed by atoms with van der Waals surface area (Å²) in [6.07, 6.45) is 4.78. The van der Waals surface area contributed by atoms with E-state index in [1.54, 1.807) is 0 Å². The van der Waals surface area contributed by atoms with Crippen LogP contribution in [0.25, 0.3) is 0 Å². The Morgan fingerprint density at radius 3 is 2.79 bits per heavy atom. The van der Waals surface area contributed by atoms with Gasteiger partial charge in [0.1, 0.15) is 0 Å². The Bertz CT molecular complexity index is 465. The second kappa shape index (κ2) is 6.36. The van der Waals surface area contributed by atoms with Crippen LogP contribution >= 0.6 is 0 Å². The Morgan fingerprint density at radius 1 is 1.47 bits per heavy atom. The molecule has 0 aromatic carbocycles. The molecular weight excluding hydrogens is 266 g/mol. The van der Waals surface area contributed by atoms with Crippen LogP contribution in [0.2, 0.25) is 0 Å². The van der Waals surface area contributed by atoms with Gasteiger partial charge in [0.2, 0.25) is 0 Å². The van der Waals surface area contributed by atoms with Crippen molar-refractivity contribution in [1.82, 2.24) is 19.8 Å². The Hall–Kier alpha value is -1.12. The molecule has 1 aromatic heterocycles. The first-order valence-electron chi connectivity index (χ1n) is 6.59.